The number of hydrogen-bond acceptors (Lipinski definition) is 2. The number of ether oxygens (including phenoxy) is 1. The Labute approximate surface area is 110 Å². The minimum Gasteiger partial charge on any atom is -0.478 e. The zero-order valence-electron chi connectivity index (χ0n) is 11.8. The Kier molecular flexibility index (Phi) is 3.74. The molecule has 0 fully saturated rings. The molecule has 0 aliphatic carbocycles. The Morgan fingerprint density at radius 1 is 1.33 bits per heavy atom. The summed E-state index contributed by atoms with van der Waals surface area (Å²) in [6, 6.07) is 10.8. The van der Waals surface area contributed by atoms with Crippen LogP contribution in [-0.2, 0) is 10.2 Å². The lowest BCUT2D eigenvalue weighted by Crippen LogP contribution is -2.29. The topological polar surface area (TPSA) is 21.6 Å². The van der Waals surface area contributed by atoms with E-state index < -0.39 is 0 Å². The highest BCUT2D eigenvalue weighted by molar-refractivity contribution is 5.88. The van der Waals surface area contributed by atoms with E-state index in [0.717, 1.165) is 18.9 Å². The minimum absolute atomic E-state index is 0.135. The predicted molar refractivity (Wildman–Crippen MR) is 76.1 cm³/mol. The molecule has 0 N–H and O–H groups in total. The molecule has 1 aliphatic rings. The molecule has 2 unspecified atom stereocenters. The molecule has 98 valence electrons. The minimum atomic E-state index is -0.135. The quantitative estimate of drug-likeness (QED) is 0.790. The van der Waals surface area contributed by atoms with Crippen LogP contribution in [0.25, 0.3) is 0 Å². The smallest absolute Gasteiger partial charge is 0.194 e. The fourth-order valence-corrected chi connectivity index (χ4v) is 2.27. The van der Waals surface area contributed by atoms with Gasteiger partial charge in [0.15, 0.2) is 5.90 Å². The lowest BCUT2D eigenvalue weighted by molar-refractivity contribution is 0.267. The van der Waals surface area contributed by atoms with E-state index in [1.54, 1.807) is 0 Å². The molecule has 2 atom stereocenters. The van der Waals surface area contributed by atoms with Crippen molar-refractivity contribution in [3.05, 3.63) is 35.9 Å². The normalized spacial score (nSPS) is 21.3. The Balaban J connectivity index is 2.22. The van der Waals surface area contributed by atoms with Gasteiger partial charge in [0.2, 0.25) is 0 Å². The fraction of sp³-hybridized carbons (Fsp3) is 0.562. The van der Waals surface area contributed by atoms with E-state index in [0.29, 0.717) is 12.0 Å². The third kappa shape index (κ3) is 2.43. The summed E-state index contributed by atoms with van der Waals surface area (Å²) in [5, 5.41) is 0. The van der Waals surface area contributed by atoms with Gasteiger partial charge in [-0.05, 0) is 25.3 Å². The van der Waals surface area contributed by atoms with Crippen LogP contribution in [0.2, 0.25) is 0 Å². The number of rotatable bonds is 4. The lowest BCUT2D eigenvalue weighted by Gasteiger charge is -2.24. The van der Waals surface area contributed by atoms with Crippen molar-refractivity contribution in [2.45, 2.75) is 45.6 Å². The van der Waals surface area contributed by atoms with Crippen LogP contribution in [0, 0.1) is 5.92 Å². The van der Waals surface area contributed by atoms with E-state index in [1.165, 1.54) is 5.56 Å². The molecule has 1 heterocycles. The van der Waals surface area contributed by atoms with Gasteiger partial charge in [-0.1, -0.05) is 50.6 Å². The molecular formula is C16H23NO. The van der Waals surface area contributed by atoms with Gasteiger partial charge in [-0.15, -0.1) is 0 Å². The molecule has 0 saturated heterocycles. The van der Waals surface area contributed by atoms with Crippen LogP contribution >= 0.6 is 0 Å². The van der Waals surface area contributed by atoms with E-state index in [4.69, 9.17) is 9.73 Å². The van der Waals surface area contributed by atoms with Crippen LogP contribution in [-0.4, -0.2) is 18.5 Å². The summed E-state index contributed by atoms with van der Waals surface area (Å²) >= 11 is 0. The van der Waals surface area contributed by atoms with Gasteiger partial charge in [-0.3, -0.25) is 0 Å². The number of benzene rings is 1. The maximum absolute atomic E-state index is 5.86. The van der Waals surface area contributed by atoms with Gasteiger partial charge in [0.05, 0.1) is 11.5 Å². The first-order chi connectivity index (χ1) is 8.55. The Bertz CT molecular complexity index is 422. The summed E-state index contributed by atoms with van der Waals surface area (Å²) in [6.07, 6.45) is 1.15. The third-order valence-corrected chi connectivity index (χ3v) is 4.00. The molecule has 2 heteroatoms. The third-order valence-electron chi connectivity index (χ3n) is 4.00. The predicted octanol–water partition coefficient (Wildman–Crippen LogP) is 3.81. The van der Waals surface area contributed by atoms with E-state index in [1.807, 2.05) is 6.07 Å². The van der Waals surface area contributed by atoms with Gasteiger partial charge in [-0.25, -0.2) is 4.99 Å². The molecule has 2 nitrogen and oxygen atoms in total. The van der Waals surface area contributed by atoms with Gasteiger partial charge in [-0.2, -0.15) is 0 Å². The van der Waals surface area contributed by atoms with Crippen LogP contribution < -0.4 is 0 Å². The monoisotopic (exact) mass is 245 g/mol. The molecule has 0 saturated carbocycles. The molecular weight excluding hydrogens is 222 g/mol. The molecule has 0 spiro atoms. The number of aliphatic imine (C=N–C) groups is 1. The average Bonchev–Trinajstić information content (AvgIpc) is 2.89. The second-order valence-electron chi connectivity index (χ2n) is 5.69. The summed E-state index contributed by atoms with van der Waals surface area (Å²) in [4.78, 5) is 4.80. The van der Waals surface area contributed by atoms with Crippen molar-refractivity contribution in [3.8, 4) is 0 Å². The summed E-state index contributed by atoms with van der Waals surface area (Å²) in [5.41, 5.74) is 1.12. The SMILES string of the molecule is CCC(C)C1COC(C(C)(C)c2ccccc2)=N1. The maximum Gasteiger partial charge on any atom is 0.194 e. The van der Waals surface area contributed by atoms with Gasteiger partial charge in [0.1, 0.15) is 6.61 Å². The Morgan fingerprint density at radius 3 is 2.61 bits per heavy atom. The lowest BCUT2D eigenvalue weighted by atomic mass is 9.84. The van der Waals surface area contributed by atoms with Crippen LogP contribution in [0.5, 0.6) is 0 Å². The van der Waals surface area contributed by atoms with E-state index >= 15 is 0 Å². The van der Waals surface area contributed by atoms with Gasteiger partial charge < -0.3 is 4.74 Å². The second-order valence-corrected chi connectivity index (χ2v) is 5.69. The van der Waals surface area contributed by atoms with Crippen LogP contribution in [0.4, 0.5) is 0 Å². The first-order valence-electron chi connectivity index (χ1n) is 6.82. The molecule has 18 heavy (non-hydrogen) atoms. The second kappa shape index (κ2) is 5.13. The van der Waals surface area contributed by atoms with E-state index in [-0.39, 0.29) is 5.41 Å². The van der Waals surface area contributed by atoms with Gasteiger partial charge in [0.25, 0.3) is 0 Å². The molecule has 1 aliphatic heterocycles. The standard InChI is InChI=1S/C16H23NO/c1-5-12(2)14-11-18-15(17-14)16(3,4)13-9-7-6-8-10-13/h6-10,12,14H,5,11H2,1-4H3. The van der Waals surface area contributed by atoms with Crippen molar-refractivity contribution >= 4 is 5.90 Å². The first-order valence-corrected chi connectivity index (χ1v) is 6.82. The molecule has 1 aromatic carbocycles. The molecule has 2 rings (SSSR count). The molecule has 1 aromatic rings. The highest BCUT2D eigenvalue weighted by atomic mass is 16.5. The zero-order valence-corrected chi connectivity index (χ0v) is 11.8. The van der Waals surface area contributed by atoms with Crippen LogP contribution in [0.1, 0.15) is 39.7 Å². The molecule has 0 radical (unpaired) electrons. The van der Waals surface area contributed by atoms with E-state index in [2.05, 4.69) is 52.0 Å². The van der Waals surface area contributed by atoms with Crippen molar-refractivity contribution in [1.82, 2.24) is 0 Å². The van der Waals surface area contributed by atoms with E-state index in [9.17, 15) is 0 Å². The first kappa shape index (κ1) is 13.1. The molecule has 0 bridgehead atoms. The van der Waals surface area contributed by atoms with Crippen molar-refractivity contribution in [3.63, 3.8) is 0 Å². The maximum atomic E-state index is 5.86. The highest BCUT2D eigenvalue weighted by Gasteiger charge is 2.35. The van der Waals surface area contributed by atoms with Crippen molar-refractivity contribution in [2.75, 3.05) is 6.61 Å². The van der Waals surface area contributed by atoms with Crippen LogP contribution in [0.15, 0.2) is 35.3 Å². The summed E-state index contributed by atoms with van der Waals surface area (Å²) in [6.45, 7) is 9.55. The number of nitrogens with zero attached hydrogens (tertiary/aromatic N) is 1. The van der Waals surface area contributed by atoms with Crippen molar-refractivity contribution in [2.24, 2.45) is 10.9 Å². The highest BCUT2D eigenvalue weighted by Crippen LogP contribution is 2.30. The zero-order chi connectivity index (χ0) is 13.2. The van der Waals surface area contributed by atoms with Crippen molar-refractivity contribution < 1.29 is 4.74 Å². The molecule has 0 amide bonds. The van der Waals surface area contributed by atoms with Crippen LogP contribution in [0.3, 0.4) is 0 Å². The number of hydrogen-bond donors (Lipinski definition) is 0. The Morgan fingerprint density at radius 2 is 2.00 bits per heavy atom. The fourth-order valence-electron chi connectivity index (χ4n) is 2.27. The molecule has 0 aromatic heterocycles. The summed E-state index contributed by atoms with van der Waals surface area (Å²) in [7, 11) is 0. The average molecular weight is 245 g/mol. The largest absolute Gasteiger partial charge is 0.478 e. The van der Waals surface area contributed by atoms with Crippen molar-refractivity contribution in [1.29, 1.82) is 0 Å². The summed E-state index contributed by atoms with van der Waals surface area (Å²) in [5.74, 6) is 1.48. The Hall–Kier alpha value is -1.31. The summed E-state index contributed by atoms with van der Waals surface area (Å²) < 4.78 is 5.86. The van der Waals surface area contributed by atoms with Gasteiger partial charge in [0, 0.05) is 0 Å². The van der Waals surface area contributed by atoms with Gasteiger partial charge >= 0.3 is 0 Å².